The van der Waals surface area contributed by atoms with E-state index in [1.54, 1.807) is 55.6 Å². The van der Waals surface area contributed by atoms with Gasteiger partial charge in [0.05, 0.1) is 6.26 Å². The van der Waals surface area contributed by atoms with Gasteiger partial charge >= 0.3 is 0 Å². The van der Waals surface area contributed by atoms with Gasteiger partial charge in [0.2, 0.25) is 11.8 Å². The molecule has 0 aliphatic heterocycles. The lowest BCUT2D eigenvalue weighted by molar-refractivity contribution is 0.0950. The minimum absolute atomic E-state index is 0.221. The maximum Gasteiger partial charge on any atom is 0.291 e. The van der Waals surface area contributed by atoms with Crippen LogP contribution in [0.2, 0.25) is 0 Å². The molecule has 4 aromatic rings. The van der Waals surface area contributed by atoms with E-state index < -0.39 is 0 Å². The number of methoxy groups -OCH3 is 1. The predicted octanol–water partition coefficient (Wildman–Crippen LogP) is 3.66. The van der Waals surface area contributed by atoms with Crippen molar-refractivity contribution in [2.24, 2.45) is 0 Å². The van der Waals surface area contributed by atoms with Crippen LogP contribution in [0, 0.1) is 0 Å². The van der Waals surface area contributed by atoms with Gasteiger partial charge in [-0.2, -0.15) is 0 Å². The Morgan fingerprint density at radius 1 is 1.00 bits per heavy atom. The topological polar surface area (TPSA) is 119 Å². The highest BCUT2D eigenvalue weighted by Gasteiger charge is 2.12. The number of rotatable bonds is 8. The first-order valence-electron chi connectivity index (χ1n) is 9.76. The van der Waals surface area contributed by atoms with E-state index in [1.165, 1.54) is 6.26 Å². The number of carbonyl (C=O) groups excluding carboxylic acids is 2. The third-order valence-electron chi connectivity index (χ3n) is 4.52. The first-order valence-corrected chi connectivity index (χ1v) is 9.76. The highest BCUT2D eigenvalue weighted by molar-refractivity contribution is 6.02. The molecule has 32 heavy (non-hydrogen) atoms. The van der Waals surface area contributed by atoms with Crippen molar-refractivity contribution in [1.82, 2.24) is 15.5 Å². The maximum atomic E-state index is 12.6. The zero-order chi connectivity index (χ0) is 22.3. The van der Waals surface area contributed by atoms with E-state index in [-0.39, 0.29) is 24.2 Å². The summed E-state index contributed by atoms with van der Waals surface area (Å²) < 4.78 is 15.6. The van der Waals surface area contributed by atoms with Crippen molar-refractivity contribution in [2.75, 3.05) is 12.4 Å². The van der Waals surface area contributed by atoms with Gasteiger partial charge in [0.25, 0.3) is 11.8 Å². The molecule has 0 saturated carbocycles. The van der Waals surface area contributed by atoms with Crippen LogP contribution in [0.5, 0.6) is 0 Å². The van der Waals surface area contributed by atoms with Gasteiger partial charge in [-0.05, 0) is 48.0 Å². The second-order valence-electron chi connectivity index (χ2n) is 6.83. The first kappa shape index (κ1) is 21.0. The van der Waals surface area contributed by atoms with Crippen molar-refractivity contribution < 1.29 is 23.2 Å². The largest absolute Gasteiger partial charge is 0.459 e. The van der Waals surface area contributed by atoms with Gasteiger partial charge in [0.15, 0.2) is 5.76 Å². The number of nitrogens with zero attached hydrogens (tertiary/aromatic N) is 2. The number of hydrogen-bond acceptors (Lipinski definition) is 7. The summed E-state index contributed by atoms with van der Waals surface area (Å²) in [6.07, 6.45) is 1.44. The molecule has 9 heteroatoms. The fraction of sp³-hybridized carbons (Fsp3) is 0.130. The first-order chi connectivity index (χ1) is 15.6. The molecular formula is C23H20N4O5. The Kier molecular flexibility index (Phi) is 6.38. The van der Waals surface area contributed by atoms with Crippen LogP contribution >= 0.6 is 0 Å². The second kappa shape index (κ2) is 9.71. The molecule has 0 radical (unpaired) electrons. The van der Waals surface area contributed by atoms with Gasteiger partial charge < -0.3 is 24.2 Å². The fourth-order valence-corrected chi connectivity index (χ4v) is 2.94. The lowest BCUT2D eigenvalue weighted by atomic mass is 10.1. The van der Waals surface area contributed by atoms with Crippen molar-refractivity contribution in [2.45, 2.75) is 13.2 Å². The number of carbonyl (C=O) groups is 2. The molecule has 0 aliphatic rings. The van der Waals surface area contributed by atoms with Crippen molar-refractivity contribution in [3.8, 4) is 11.5 Å². The number of hydrogen-bond donors (Lipinski definition) is 2. The van der Waals surface area contributed by atoms with E-state index in [0.717, 1.165) is 5.56 Å². The van der Waals surface area contributed by atoms with Crippen LogP contribution in [0.1, 0.15) is 32.4 Å². The third kappa shape index (κ3) is 5.08. The molecule has 0 saturated heterocycles. The van der Waals surface area contributed by atoms with Crippen LogP contribution in [0.25, 0.3) is 11.5 Å². The van der Waals surface area contributed by atoms with Crippen molar-refractivity contribution in [3.63, 3.8) is 0 Å². The minimum atomic E-state index is -0.327. The van der Waals surface area contributed by atoms with Gasteiger partial charge in [-0.25, -0.2) is 0 Å². The number of benzene rings is 2. The van der Waals surface area contributed by atoms with E-state index in [1.807, 2.05) is 12.1 Å². The normalized spacial score (nSPS) is 10.7. The molecule has 2 heterocycles. The van der Waals surface area contributed by atoms with E-state index in [0.29, 0.717) is 35.1 Å². The smallest absolute Gasteiger partial charge is 0.291 e. The molecular weight excluding hydrogens is 412 g/mol. The van der Waals surface area contributed by atoms with E-state index in [4.69, 9.17) is 13.6 Å². The Bertz CT molecular complexity index is 1200. The van der Waals surface area contributed by atoms with Crippen molar-refractivity contribution in [3.05, 3.63) is 89.7 Å². The summed E-state index contributed by atoms with van der Waals surface area (Å²) in [6.45, 7) is 0.548. The lowest BCUT2D eigenvalue weighted by Gasteiger charge is -2.08. The predicted molar refractivity (Wildman–Crippen MR) is 115 cm³/mol. The van der Waals surface area contributed by atoms with E-state index in [9.17, 15) is 9.59 Å². The van der Waals surface area contributed by atoms with Gasteiger partial charge in [-0.1, -0.05) is 18.2 Å². The molecule has 0 bridgehead atoms. The van der Waals surface area contributed by atoms with Crippen LogP contribution in [-0.2, 0) is 17.9 Å². The Morgan fingerprint density at radius 3 is 2.59 bits per heavy atom. The second-order valence-corrected chi connectivity index (χ2v) is 6.83. The zero-order valence-corrected chi connectivity index (χ0v) is 17.2. The Labute approximate surface area is 183 Å². The summed E-state index contributed by atoms with van der Waals surface area (Å²) in [4.78, 5) is 24.6. The summed E-state index contributed by atoms with van der Waals surface area (Å²) in [7, 11) is 1.54. The molecule has 0 fully saturated rings. The number of nitrogens with one attached hydrogen (secondary N) is 2. The summed E-state index contributed by atoms with van der Waals surface area (Å²) in [6, 6.07) is 17.3. The summed E-state index contributed by atoms with van der Waals surface area (Å²) >= 11 is 0. The number of ether oxygens (including phenoxy) is 1. The third-order valence-corrected chi connectivity index (χ3v) is 4.52. The SMILES string of the molecule is COCc1nnc(-c2cccc(C(=O)NCc3ccc(NC(=O)c4ccco4)cc3)c2)o1. The molecule has 2 aromatic heterocycles. The molecule has 4 rings (SSSR count). The van der Waals surface area contributed by atoms with Crippen LogP contribution in [0.3, 0.4) is 0 Å². The maximum absolute atomic E-state index is 12.6. The standard InChI is InChI=1S/C23H20N4O5/c1-30-14-20-26-27-23(32-20)17-5-2-4-16(12-17)21(28)24-13-15-7-9-18(10-8-15)25-22(29)19-6-3-11-31-19/h2-12H,13-14H2,1H3,(H,24,28)(H,25,29). The van der Waals surface area contributed by atoms with Gasteiger partial charge in [-0.15, -0.1) is 10.2 Å². The van der Waals surface area contributed by atoms with Gasteiger partial charge in [-0.3, -0.25) is 9.59 Å². The Hall–Kier alpha value is -4.24. The highest BCUT2D eigenvalue weighted by atomic mass is 16.5. The van der Waals surface area contributed by atoms with E-state index in [2.05, 4.69) is 20.8 Å². The van der Waals surface area contributed by atoms with Crippen LogP contribution < -0.4 is 10.6 Å². The zero-order valence-electron chi connectivity index (χ0n) is 17.2. The summed E-state index contributed by atoms with van der Waals surface area (Å²) in [5.41, 5.74) is 2.62. The minimum Gasteiger partial charge on any atom is -0.459 e. The number of amides is 2. The molecule has 0 spiro atoms. The van der Waals surface area contributed by atoms with Crippen molar-refractivity contribution in [1.29, 1.82) is 0 Å². The summed E-state index contributed by atoms with van der Waals surface area (Å²) in [5, 5.41) is 13.5. The molecule has 2 amide bonds. The molecule has 2 aromatic carbocycles. The van der Waals surface area contributed by atoms with Crippen LogP contribution in [0.15, 0.2) is 75.8 Å². The van der Waals surface area contributed by atoms with Gasteiger partial charge in [0.1, 0.15) is 6.61 Å². The monoisotopic (exact) mass is 432 g/mol. The average Bonchev–Trinajstić information content (AvgIpc) is 3.51. The number of furan rings is 1. The molecule has 0 aliphatic carbocycles. The molecule has 2 N–H and O–H groups in total. The summed E-state index contributed by atoms with van der Waals surface area (Å²) in [5.74, 6) is 0.351. The van der Waals surface area contributed by atoms with Crippen molar-refractivity contribution >= 4 is 17.5 Å². The average molecular weight is 432 g/mol. The Balaban J connectivity index is 1.34. The van der Waals surface area contributed by atoms with Crippen LogP contribution in [-0.4, -0.2) is 29.1 Å². The number of aromatic nitrogens is 2. The van der Waals surface area contributed by atoms with Crippen LogP contribution in [0.4, 0.5) is 5.69 Å². The fourth-order valence-electron chi connectivity index (χ4n) is 2.94. The molecule has 0 atom stereocenters. The Morgan fingerprint density at radius 2 is 1.84 bits per heavy atom. The molecule has 0 unspecified atom stereocenters. The molecule has 9 nitrogen and oxygen atoms in total. The highest BCUT2D eigenvalue weighted by Crippen LogP contribution is 2.19. The van der Waals surface area contributed by atoms with E-state index >= 15 is 0 Å². The quantitative estimate of drug-likeness (QED) is 0.436. The van der Waals surface area contributed by atoms with Gasteiger partial charge in [0, 0.05) is 30.5 Å². The number of anilines is 1. The lowest BCUT2D eigenvalue weighted by Crippen LogP contribution is -2.22. The molecule has 162 valence electrons.